The number of carbonyl (C=O) groups is 1. The summed E-state index contributed by atoms with van der Waals surface area (Å²) in [5.41, 5.74) is 7.62. The molecule has 0 aliphatic heterocycles. The highest BCUT2D eigenvalue weighted by Crippen LogP contribution is 2.16. The van der Waals surface area contributed by atoms with Gasteiger partial charge in [-0.25, -0.2) is 0 Å². The summed E-state index contributed by atoms with van der Waals surface area (Å²) in [5, 5.41) is 0. The standard InChI is InChI=1S/C18H22N2OS/c1-22-17-9-7-16(8-10-17)18(21)20(14-12-19)13-11-15-5-3-2-4-6-15/h2-10H,11-14,19H2,1H3. The molecule has 4 heteroatoms. The van der Waals surface area contributed by atoms with E-state index in [2.05, 4.69) is 12.1 Å². The zero-order valence-electron chi connectivity index (χ0n) is 12.9. The Bertz CT molecular complexity index is 584. The number of nitrogens with two attached hydrogens (primary N) is 1. The summed E-state index contributed by atoms with van der Waals surface area (Å²) in [6.45, 7) is 1.74. The molecule has 2 aromatic carbocycles. The predicted octanol–water partition coefficient (Wildman–Crippen LogP) is 3.05. The SMILES string of the molecule is CSc1ccc(C(=O)N(CCN)CCc2ccccc2)cc1. The van der Waals surface area contributed by atoms with E-state index < -0.39 is 0 Å². The second kappa shape index (κ2) is 8.61. The Morgan fingerprint density at radius 2 is 1.73 bits per heavy atom. The first kappa shape index (κ1) is 16.6. The maximum atomic E-state index is 12.6. The van der Waals surface area contributed by atoms with Crippen molar-refractivity contribution in [1.82, 2.24) is 4.90 Å². The molecule has 0 aliphatic carbocycles. The van der Waals surface area contributed by atoms with Gasteiger partial charge in [0, 0.05) is 30.1 Å². The fourth-order valence-corrected chi connectivity index (χ4v) is 2.70. The highest BCUT2D eigenvalue weighted by molar-refractivity contribution is 7.98. The third-order valence-electron chi connectivity index (χ3n) is 3.54. The molecular weight excluding hydrogens is 292 g/mol. The summed E-state index contributed by atoms with van der Waals surface area (Å²) < 4.78 is 0. The number of hydrogen-bond donors (Lipinski definition) is 1. The second-order valence-electron chi connectivity index (χ2n) is 5.04. The summed E-state index contributed by atoms with van der Waals surface area (Å²) in [7, 11) is 0. The van der Waals surface area contributed by atoms with Crippen LogP contribution in [-0.4, -0.2) is 36.7 Å². The number of rotatable bonds is 7. The first-order chi connectivity index (χ1) is 10.7. The van der Waals surface area contributed by atoms with Crippen molar-refractivity contribution in [1.29, 1.82) is 0 Å². The Morgan fingerprint density at radius 1 is 1.05 bits per heavy atom. The Kier molecular flexibility index (Phi) is 6.49. The van der Waals surface area contributed by atoms with Crippen LogP contribution in [0.5, 0.6) is 0 Å². The average Bonchev–Trinajstić information content (AvgIpc) is 2.59. The molecule has 2 aromatic rings. The normalized spacial score (nSPS) is 10.5. The van der Waals surface area contributed by atoms with Gasteiger partial charge in [-0.3, -0.25) is 4.79 Å². The van der Waals surface area contributed by atoms with Crippen molar-refractivity contribution in [3.63, 3.8) is 0 Å². The molecule has 0 aliphatic rings. The first-order valence-electron chi connectivity index (χ1n) is 7.42. The Labute approximate surface area is 136 Å². The Morgan fingerprint density at radius 3 is 2.32 bits per heavy atom. The van der Waals surface area contributed by atoms with E-state index in [1.54, 1.807) is 11.8 Å². The maximum absolute atomic E-state index is 12.6. The Balaban J connectivity index is 2.03. The van der Waals surface area contributed by atoms with E-state index in [9.17, 15) is 4.79 Å². The number of carbonyl (C=O) groups excluding carboxylic acids is 1. The molecule has 22 heavy (non-hydrogen) atoms. The Hall–Kier alpha value is -1.78. The topological polar surface area (TPSA) is 46.3 Å². The smallest absolute Gasteiger partial charge is 0.253 e. The number of nitrogens with zero attached hydrogens (tertiary/aromatic N) is 1. The summed E-state index contributed by atoms with van der Waals surface area (Å²) in [6, 6.07) is 17.9. The van der Waals surface area contributed by atoms with Gasteiger partial charge in [0.2, 0.25) is 0 Å². The molecule has 0 fully saturated rings. The van der Waals surface area contributed by atoms with Gasteiger partial charge in [0.05, 0.1) is 0 Å². The molecule has 0 radical (unpaired) electrons. The zero-order chi connectivity index (χ0) is 15.8. The van der Waals surface area contributed by atoms with Gasteiger partial charge in [0.1, 0.15) is 0 Å². The number of amides is 1. The van der Waals surface area contributed by atoms with Gasteiger partial charge in [-0.1, -0.05) is 30.3 Å². The minimum Gasteiger partial charge on any atom is -0.337 e. The van der Waals surface area contributed by atoms with E-state index in [1.807, 2.05) is 53.6 Å². The van der Waals surface area contributed by atoms with E-state index in [-0.39, 0.29) is 5.91 Å². The first-order valence-corrected chi connectivity index (χ1v) is 8.64. The van der Waals surface area contributed by atoms with E-state index in [4.69, 9.17) is 5.73 Å². The van der Waals surface area contributed by atoms with Gasteiger partial charge >= 0.3 is 0 Å². The fourth-order valence-electron chi connectivity index (χ4n) is 2.30. The lowest BCUT2D eigenvalue weighted by molar-refractivity contribution is 0.0762. The molecule has 116 valence electrons. The highest BCUT2D eigenvalue weighted by Gasteiger charge is 2.14. The number of benzene rings is 2. The van der Waals surface area contributed by atoms with Crippen LogP contribution in [0.25, 0.3) is 0 Å². The monoisotopic (exact) mass is 314 g/mol. The van der Waals surface area contributed by atoms with Gasteiger partial charge in [0.15, 0.2) is 0 Å². The summed E-state index contributed by atoms with van der Waals surface area (Å²) in [4.78, 5) is 15.6. The van der Waals surface area contributed by atoms with Crippen LogP contribution in [-0.2, 0) is 6.42 Å². The molecule has 0 saturated carbocycles. The van der Waals surface area contributed by atoms with Crippen molar-refractivity contribution in [2.75, 3.05) is 25.9 Å². The quantitative estimate of drug-likeness (QED) is 0.799. The van der Waals surface area contributed by atoms with Crippen LogP contribution in [0.4, 0.5) is 0 Å². The second-order valence-corrected chi connectivity index (χ2v) is 5.92. The molecule has 0 spiro atoms. The lowest BCUT2D eigenvalue weighted by Gasteiger charge is -2.22. The molecule has 0 unspecified atom stereocenters. The van der Waals surface area contributed by atoms with Gasteiger partial charge in [0.25, 0.3) is 5.91 Å². The van der Waals surface area contributed by atoms with Crippen LogP contribution < -0.4 is 5.73 Å². The molecule has 0 heterocycles. The molecule has 1 amide bonds. The minimum atomic E-state index is 0.0500. The molecular formula is C18H22N2OS. The molecule has 0 atom stereocenters. The van der Waals surface area contributed by atoms with Crippen molar-refractivity contribution >= 4 is 17.7 Å². The number of thioether (sulfide) groups is 1. The predicted molar refractivity (Wildman–Crippen MR) is 93.3 cm³/mol. The van der Waals surface area contributed by atoms with Gasteiger partial charge in [-0.15, -0.1) is 11.8 Å². The van der Waals surface area contributed by atoms with Gasteiger partial charge in [-0.05, 0) is 42.5 Å². The summed E-state index contributed by atoms with van der Waals surface area (Å²) in [6.07, 6.45) is 2.87. The largest absolute Gasteiger partial charge is 0.337 e. The van der Waals surface area contributed by atoms with Crippen LogP contribution in [0.1, 0.15) is 15.9 Å². The maximum Gasteiger partial charge on any atom is 0.253 e. The lowest BCUT2D eigenvalue weighted by atomic mass is 10.1. The van der Waals surface area contributed by atoms with Crippen molar-refractivity contribution in [3.05, 3.63) is 65.7 Å². The van der Waals surface area contributed by atoms with E-state index in [1.165, 1.54) is 5.56 Å². The van der Waals surface area contributed by atoms with Crippen molar-refractivity contribution in [3.8, 4) is 0 Å². The molecule has 0 aromatic heterocycles. The average molecular weight is 314 g/mol. The van der Waals surface area contributed by atoms with Crippen LogP contribution >= 0.6 is 11.8 Å². The molecule has 0 bridgehead atoms. The van der Waals surface area contributed by atoms with Crippen LogP contribution in [0.3, 0.4) is 0 Å². The molecule has 2 rings (SSSR count). The van der Waals surface area contributed by atoms with Crippen LogP contribution in [0.2, 0.25) is 0 Å². The summed E-state index contributed by atoms with van der Waals surface area (Å²) in [5.74, 6) is 0.0500. The van der Waals surface area contributed by atoms with E-state index in [0.717, 1.165) is 16.9 Å². The highest BCUT2D eigenvalue weighted by atomic mass is 32.2. The van der Waals surface area contributed by atoms with Crippen LogP contribution in [0, 0.1) is 0 Å². The van der Waals surface area contributed by atoms with Crippen molar-refractivity contribution in [2.24, 2.45) is 5.73 Å². The minimum absolute atomic E-state index is 0.0500. The zero-order valence-corrected chi connectivity index (χ0v) is 13.7. The summed E-state index contributed by atoms with van der Waals surface area (Å²) >= 11 is 1.67. The number of hydrogen-bond acceptors (Lipinski definition) is 3. The van der Waals surface area contributed by atoms with Gasteiger partial charge in [-0.2, -0.15) is 0 Å². The lowest BCUT2D eigenvalue weighted by Crippen LogP contribution is -2.36. The third kappa shape index (κ3) is 4.61. The molecule has 3 nitrogen and oxygen atoms in total. The van der Waals surface area contributed by atoms with E-state index in [0.29, 0.717) is 19.6 Å². The van der Waals surface area contributed by atoms with Crippen LogP contribution in [0.15, 0.2) is 59.5 Å². The third-order valence-corrected chi connectivity index (χ3v) is 4.28. The molecule has 2 N–H and O–H groups in total. The van der Waals surface area contributed by atoms with Gasteiger partial charge < -0.3 is 10.6 Å². The van der Waals surface area contributed by atoms with Crippen molar-refractivity contribution < 1.29 is 4.79 Å². The van der Waals surface area contributed by atoms with E-state index >= 15 is 0 Å². The molecule has 0 saturated heterocycles. The van der Waals surface area contributed by atoms with Crippen molar-refractivity contribution in [2.45, 2.75) is 11.3 Å². The fraction of sp³-hybridized carbons (Fsp3) is 0.278.